The van der Waals surface area contributed by atoms with Gasteiger partial charge in [0.25, 0.3) is 0 Å². The smallest absolute Gasteiger partial charge is 0.338 e. The van der Waals surface area contributed by atoms with Gasteiger partial charge < -0.3 is 5.11 Å². The third kappa shape index (κ3) is 2.67. The summed E-state index contributed by atoms with van der Waals surface area (Å²) in [6.45, 7) is 0. The van der Waals surface area contributed by atoms with Crippen LogP contribution in [-0.2, 0) is 0 Å². The summed E-state index contributed by atoms with van der Waals surface area (Å²) in [4.78, 5) is 23.7. The van der Waals surface area contributed by atoms with E-state index in [0.717, 1.165) is 0 Å². The van der Waals surface area contributed by atoms with Crippen LogP contribution in [0.15, 0.2) is 54.9 Å². The largest absolute Gasteiger partial charge is 0.478 e. The van der Waals surface area contributed by atoms with Gasteiger partial charge in [0.1, 0.15) is 11.5 Å². The summed E-state index contributed by atoms with van der Waals surface area (Å²) in [6.07, 6.45) is 3.00. The van der Waals surface area contributed by atoms with Crippen LogP contribution < -0.4 is 0 Å². The highest BCUT2D eigenvalue weighted by molar-refractivity contribution is 5.93. The molecule has 0 fully saturated rings. The first-order valence-corrected chi connectivity index (χ1v) is 6.43. The average molecular weight is 295 g/mol. The van der Waals surface area contributed by atoms with Crippen molar-refractivity contribution in [1.82, 2.24) is 15.0 Å². The zero-order valence-corrected chi connectivity index (χ0v) is 11.3. The first-order valence-electron chi connectivity index (χ1n) is 6.43. The number of rotatable bonds is 3. The van der Waals surface area contributed by atoms with Crippen molar-refractivity contribution in [3.8, 4) is 22.8 Å². The van der Waals surface area contributed by atoms with Crippen LogP contribution in [0.1, 0.15) is 10.4 Å². The number of nitrogens with zero attached hydrogens (tertiary/aromatic N) is 3. The van der Waals surface area contributed by atoms with Crippen molar-refractivity contribution in [3.05, 3.63) is 66.2 Å². The molecule has 2 aromatic heterocycles. The Morgan fingerprint density at radius 3 is 2.50 bits per heavy atom. The molecule has 3 rings (SSSR count). The van der Waals surface area contributed by atoms with Gasteiger partial charge in [-0.25, -0.2) is 19.2 Å². The van der Waals surface area contributed by atoms with Gasteiger partial charge in [0.2, 0.25) is 0 Å². The fourth-order valence-electron chi connectivity index (χ4n) is 2.01. The molecule has 0 bridgehead atoms. The van der Waals surface area contributed by atoms with Crippen molar-refractivity contribution < 1.29 is 14.3 Å². The number of aromatic carboxylic acids is 1. The lowest BCUT2D eigenvalue weighted by molar-refractivity contribution is 0.0697. The fourth-order valence-corrected chi connectivity index (χ4v) is 2.01. The van der Waals surface area contributed by atoms with E-state index in [2.05, 4.69) is 15.0 Å². The van der Waals surface area contributed by atoms with Gasteiger partial charge in [-0.2, -0.15) is 0 Å². The first-order chi connectivity index (χ1) is 10.6. The van der Waals surface area contributed by atoms with E-state index < -0.39 is 5.97 Å². The Hall–Kier alpha value is -3.15. The lowest BCUT2D eigenvalue weighted by Gasteiger charge is -2.06. The van der Waals surface area contributed by atoms with Gasteiger partial charge in [-0.15, -0.1) is 0 Å². The second-order valence-corrected chi connectivity index (χ2v) is 4.48. The molecule has 0 saturated carbocycles. The number of carboxylic acids is 1. The molecule has 5 nitrogen and oxygen atoms in total. The van der Waals surface area contributed by atoms with Gasteiger partial charge in [0, 0.05) is 18.0 Å². The summed E-state index contributed by atoms with van der Waals surface area (Å²) in [6, 6.07) is 10.5. The second kappa shape index (κ2) is 5.69. The number of halogens is 1. The van der Waals surface area contributed by atoms with Crippen molar-refractivity contribution in [1.29, 1.82) is 0 Å². The van der Waals surface area contributed by atoms with Crippen LogP contribution in [0.25, 0.3) is 22.8 Å². The highest BCUT2D eigenvalue weighted by Crippen LogP contribution is 2.22. The highest BCUT2D eigenvalue weighted by Gasteiger charge is 2.15. The lowest BCUT2D eigenvalue weighted by Crippen LogP contribution is -2.03. The first kappa shape index (κ1) is 13.8. The molecule has 0 radical (unpaired) electrons. The highest BCUT2D eigenvalue weighted by atomic mass is 19.1. The van der Waals surface area contributed by atoms with Crippen molar-refractivity contribution in [2.24, 2.45) is 0 Å². The molecule has 0 aliphatic carbocycles. The van der Waals surface area contributed by atoms with E-state index in [1.54, 1.807) is 18.2 Å². The van der Waals surface area contributed by atoms with Gasteiger partial charge in [0.15, 0.2) is 5.82 Å². The van der Waals surface area contributed by atoms with Gasteiger partial charge in [-0.1, -0.05) is 0 Å². The third-order valence-electron chi connectivity index (χ3n) is 3.05. The van der Waals surface area contributed by atoms with Crippen LogP contribution in [0.3, 0.4) is 0 Å². The Morgan fingerprint density at radius 1 is 1.00 bits per heavy atom. The molecular weight excluding hydrogens is 285 g/mol. The molecule has 0 saturated heterocycles. The van der Waals surface area contributed by atoms with Crippen LogP contribution >= 0.6 is 0 Å². The second-order valence-electron chi connectivity index (χ2n) is 4.48. The Bertz CT molecular complexity index is 835. The van der Waals surface area contributed by atoms with Crippen LogP contribution in [0.2, 0.25) is 0 Å². The lowest BCUT2D eigenvalue weighted by atomic mass is 10.1. The molecular formula is C16H10FN3O2. The molecule has 2 heterocycles. The number of hydrogen-bond acceptors (Lipinski definition) is 4. The van der Waals surface area contributed by atoms with Crippen LogP contribution in [-0.4, -0.2) is 26.0 Å². The maximum Gasteiger partial charge on any atom is 0.338 e. The maximum atomic E-state index is 13.0. The Kier molecular flexibility index (Phi) is 3.57. The normalized spacial score (nSPS) is 10.4. The summed E-state index contributed by atoms with van der Waals surface area (Å²) < 4.78 is 13.0. The predicted octanol–water partition coefficient (Wildman–Crippen LogP) is 3.04. The minimum atomic E-state index is -1.10. The average Bonchev–Trinajstić information content (AvgIpc) is 2.55. The maximum absolute atomic E-state index is 13.0. The fraction of sp³-hybridized carbons (Fsp3) is 0. The molecule has 0 unspecified atom stereocenters. The predicted molar refractivity (Wildman–Crippen MR) is 77.6 cm³/mol. The minimum Gasteiger partial charge on any atom is -0.478 e. The minimum absolute atomic E-state index is 0.0266. The van der Waals surface area contributed by atoms with Crippen molar-refractivity contribution in [2.45, 2.75) is 0 Å². The molecule has 22 heavy (non-hydrogen) atoms. The summed E-state index contributed by atoms with van der Waals surface area (Å²) in [5, 5.41) is 9.21. The van der Waals surface area contributed by atoms with Crippen molar-refractivity contribution in [2.75, 3.05) is 0 Å². The topological polar surface area (TPSA) is 76.0 Å². The standard InChI is InChI=1S/C16H10FN3O2/c17-11-5-3-10(4-6-11)13-7-9-19-15(20-13)14-12(16(21)22)2-1-8-18-14/h1-9H,(H,21,22). The summed E-state index contributed by atoms with van der Waals surface area (Å²) in [7, 11) is 0. The van der Waals surface area contributed by atoms with Crippen LogP contribution in [0, 0.1) is 5.82 Å². The van der Waals surface area contributed by atoms with Gasteiger partial charge in [-0.3, -0.25) is 4.98 Å². The van der Waals surface area contributed by atoms with E-state index in [1.165, 1.54) is 36.7 Å². The van der Waals surface area contributed by atoms with E-state index in [-0.39, 0.29) is 22.9 Å². The molecule has 0 aliphatic rings. The molecule has 0 amide bonds. The van der Waals surface area contributed by atoms with E-state index in [1.807, 2.05) is 0 Å². The van der Waals surface area contributed by atoms with Gasteiger partial charge in [-0.05, 0) is 42.5 Å². The number of benzene rings is 1. The number of carboxylic acid groups (broad SMARTS) is 1. The third-order valence-corrected chi connectivity index (χ3v) is 3.05. The molecule has 3 aromatic rings. The number of aromatic nitrogens is 3. The van der Waals surface area contributed by atoms with E-state index in [0.29, 0.717) is 11.3 Å². The van der Waals surface area contributed by atoms with E-state index >= 15 is 0 Å². The molecule has 0 aliphatic heterocycles. The molecule has 0 atom stereocenters. The number of carbonyl (C=O) groups is 1. The van der Waals surface area contributed by atoms with Gasteiger partial charge >= 0.3 is 5.97 Å². The molecule has 108 valence electrons. The van der Waals surface area contributed by atoms with E-state index in [4.69, 9.17) is 0 Å². The quantitative estimate of drug-likeness (QED) is 0.803. The van der Waals surface area contributed by atoms with Crippen LogP contribution in [0.5, 0.6) is 0 Å². The Morgan fingerprint density at radius 2 is 1.77 bits per heavy atom. The Balaban J connectivity index is 2.09. The van der Waals surface area contributed by atoms with Crippen molar-refractivity contribution >= 4 is 5.97 Å². The molecule has 0 spiro atoms. The molecule has 6 heteroatoms. The van der Waals surface area contributed by atoms with E-state index in [9.17, 15) is 14.3 Å². The zero-order chi connectivity index (χ0) is 15.5. The molecule has 1 N–H and O–H groups in total. The van der Waals surface area contributed by atoms with Crippen LogP contribution in [0.4, 0.5) is 4.39 Å². The zero-order valence-electron chi connectivity index (χ0n) is 11.3. The number of pyridine rings is 1. The SMILES string of the molecule is O=C(O)c1cccnc1-c1nccc(-c2ccc(F)cc2)n1. The number of hydrogen-bond donors (Lipinski definition) is 1. The molecule has 1 aromatic carbocycles. The summed E-state index contributed by atoms with van der Waals surface area (Å²) >= 11 is 0. The van der Waals surface area contributed by atoms with Crippen molar-refractivity contribution in [3.63, 3.8) is 0 Å². The Labute approximate surface area is 125 Å². The monoisotopic (exact) mass is 295 g/mol. The summed E-state index contributed by atoms with van der Waals surface area (Å²) in [5.74, 6) is -1.23. The van der Waals surface area contributed by atoms with Gasteiger partial charge in [0.05, 0.1) is 11.3 Å². The summed E-state index contributed by atoms with van der Waals surface area (Å²) in [5.41, 5.74) is 1.49.